The quantitative estimate of drug-likeness (QED) is 0.312. The number of esters is 1. The van der Waals surface area contributed by atoms with E-state index in [0.717, 1.165) is 15.7 Å². The Bertz CT molecular complexity index is 1210. The van der Waals surface area contributed by atoms with Crippen LogP contribution in [0.5, 0.6) is 0 Å². The van der Waals surface area contributed by atoms with Gasteiger partial charge in [-0.2, -0.15) is 4.73 Å². The lowest BCUT2D eigenvalue weighted by molar-refractivity contribution is -0.565. The summed E-state index contributed by atoms with van der Waals surface area (Å²) in [5.41, 5.74) is 0.297. The van der Waals surface area contributed by atoms with Crippen LogP contribution < -0.4 is 10.3 Å². The Hall–Kier alpha value is -3.19. The van der Waals surface area contributed by atoms with Crippen LogP contribution in [0.15, 0.2) is 41.2 Å². The number of aliphatic hydroxyl groups is 1. The molecule has 0 radical (unpaired) electrons. The van der Waals surface area contributed by atoms with Crippen molar-refractivity contribution in [2.45, 2.75) is 32.1 Å². The maximum atomic E-state index is 13.0. The number of fused-ring (bicyclic) bond motifs is 5. The molecular formula is C20H16N2O5. The lowest BCUT2D eigenvalue weighted by atomic mass is 9.86. The highest BCUT2D eigenvalue weighted by Gasteiger charge is 2.46. The zero-order chi connectivity index (χ0) is 18.9. The zero-order valence-corrected chi connectivity index (χ0v) is 14.6. The molecule has 1 N–H and O–H groups in total. The highest BCUT2D eigenvalue weighted by atomic mass is 16.6. The number of hydrogen-bond donors (Lipinski definition) is 1. The molecule has 136 valence electrons. The minimum absolute atomic E-state index is 0.0731. The predicted octanol–water partition coefficient (Wildman–Crippen LogP) is 1.32. The monoisotopic (exact) mass is 364 g/mol. The fourth-order valence-electron chi connectivity index (χ4n) is 4.11. The number of carbonyl (C=O) groups excluding carboxylic acids is 1. The average Bonchev–Trinajstić information content (AvgIpc) is 3.04. The third-order valence-electron chi connectivity index (χ3n) is 5.61. The largest absolute Gasteiger partial charge is 0.618 e. The standard InChI is InChI=1S/C20H16N2O5/c1-2-20(25)14-8-16-17-12(7-11-5-3-4-6-15(11)22(17)26)9-21(16)18(23)13(14)10-27-19(20)24/h3-8,25H,2,9-10H2,1H3/t20-/m0/s1. The van der Waals surface area contributed by atoms with Gasteiger partial charge in [0.1, 0.15) is 12.3 Å². The lowest BCUT2D eigenvalue weighted by Crippen LogP contribution is -2.44. The first-order valence-electron chi connectivity index (χ1n) is 8.77. The SMILES string of the molecule is CC[C@@]1(O)C(=O)OCc2c1cc1n(c2=O)Cc2cc3ccccc3[n+]([O-])c2-1. The van der Waals surface area contributed by atoms with Crippen molar-refractivity contribution in [2.24, 2.45) is 0 Å². The molecule has 2 aliphatic heterocycles. The van der Waals surface area contributed by atoms with Crippen molar-refractivity contribution < 1.29 is 19.4 Å². The Morgan fingerprint density at radius 1 is 1.30 bits per heavy atom. The van der Waals surface area contributed by atoms with Crippen LogP contribution in [0.4, 0.5) is 0 Å². The molecule has 0 unspecified atom stereocenters. The van der Waals surface area contributed by atoms with E-state index in [-0.39, 0.29) is 36.3 Å². The van der Waals surface area contributed by atoms with Gasteiger partial charge in [0.25, 0.3) is 5.56 Å². The second-order valence-electron chi connectivity index (χ2n) is 6.97. The molecular weight excluding hydrogens is 348 g/mol. The van der Waals surface area contributed by atoms with E-state index < -0.39 is 11.6 Å². The van der Waals surface area contributed by atoms with Gasteiger partial charge in [-0.1, -0.05) is 19.1 Å². The number of hydrogen-bond acceptors (Lipinski definition) is 5. The number of para-hydroxylation sites is 1. The molecule has 2 aliphatic rings. The molecule has 5 rings (SSSR count). The lowest BCUT2D eigenvalue weighted by Gasteiger charge is -2.31. The Morgan fingerprint density at radius 3 is 2.85 bits per heavy atom. The number of aromatic nitrogens is 2. The van der Waals surface area contributed by atoms with Gasteiger partial charge in [-0.15, -0.1) is 0 Å². The van der Waals surface area contributed by atoms with Gasteiger partial charge in [0, 0.05) is 22.6 Å². The second kappa shape index (κ2) is 5.17. The van der Waals surface area contributed by atoms with Crippen molar-refractivity contribution >= 4 is 16.9 Å². The van der Waals surface area contributed by atoms with Crippen molar-refractivity contribution in [3.05, 3.63) is 68.6 Å². The minimum Gasteiger partial charge on any atom is -0.618 e. The smallest absolute Gasteiger partial charge is 0.343 e. The summed E-state index contributed by atoms with van der Waals surface area (Å²) < 4.78 is 7.37. The molecule has 0 aliphatic carbocycles. The molecule has 7 nitrogen and oxygen atoms in total. The number of carbonyl (C=O) groups is 1. The van der Waals surface area contributed by atoms with Crippen molar-refractivity contribution in [1.29, 1.82) is 0 Å². The third kappa shape index (κ3) is 1.92. The van der Waals surface area contributed by atoms with E-state index in [1.54, 1.807) is 25.1 Å². The number of pyridine rings is 2. The van der Waals surface area contributed by atoms with Crippen molar-refractivity contribution in [3.8, 4) is 11.4 Å². The summed E-state index contributed by atoms with van der Waals surface area (Å²) in [5, 5.41) is 24.6. The van der Waals surface area contributed by atoms with E-state index in [4.69, 9.17) is 4.74 Å². The van der Waals surface area contributed by atoms with Crippen LogP contribution in [0.1, 0.15) is 30.0 Å². The Labute approximate surface area is 153 Å². The summed E-state index contributed by atoms with van der Waals surface area (Å²) in [7, 11) is 0. The Balaban J connectivity index is 1.85. The molecule has 0 fully saturated rings. The minimum atomic E-state index is -1.88. The first kappa shape index (κ1) is 16.0. The van der Waals surface area contributed by atoms with E-state index in [1.165, 1.54) is 4.57 Å². The molecule has 0 amide bonds. The van der Waals surface area contributed by atoms with Crippen molar-refractivity contribution in [1.82, 2.24) is 4.57 Å². The third-order valence-corrected chi connectivity index (χ3v) is 5.61. The summed E-state index contributed by atoms with van der Waals surface area (Å²) in [6, 6.07) is 10.7. The summed E-state index contributed by atoms with van der Waals surface area (Å²) in [4.78, 5) is 25.2. The maximum absolute atomic E-state index is 13.0. The summed E-state index contributed by atoms with van der Waals surface area (Å²) in [5.74, 6) is -0.770. The molecule has 3 aromatic rings. The molecule has 1 atom stereocenters. The van der Waals surface area contributed by atoms with E-state index in [9.17, 15) is 19.9 Å². The number of cyclic esters (lactones) is 1. The number of ether oxygens (including phenoxy) is 1. The topological polar surface area (TPSA) is 95.5 Å². The van der Waals surface area contributed by atoms with Crippen LogP contribution in [0, 0.1) is 5.21 Å². The molecule has 7 heteroatoms. The Kier molecular flexibility index (Phi) is 3.07. The first-order chi connectivity index (χ1) is 13.0. The number of benzene rings is 1. The fourth-order valence-corrected chi connectivity index (χ4v) is 4.11. The van der Waals surface area contributed by atoms with Gasteiger partial charge in [-0.25, -0.2) is 4.79 Å². The highest BCUT2D eigenvalue weighted by Crippen LogP contribution is 2.37. The predicted molar refractivity (Wildman–Crippen MR) is 95.7 cm³/mol. The average molecular weight is 364 g/mol. The van der Waals surface area contributed by atoms with Crippen LogP contribution in [-0.4, -0.2) is 15.6 Å². The fraction of sp³-hybridized carbons (Fsp3) is 0.250. The molecule has 27 heavy (non-hydrogen) atoms. The van der Waals surface area contributed by atoms with E-state index in [0.29, 0.717) is 16.9 Å². The van der Waals surface area contributed by atoms with Gasteiger partial charge < -0.3 is 15.1 Å². The zero-order valence-electron chi connectivity index (χ0n) is 14.6. The second-order valence-corrected chi connectivity index (χ2v) is 6.97. The Morgan fingerprint density at radius 2 is 2.07 bits per heavy atom. The van der Waals surface area contributed by atoms with Gasteiger partial charge in [0.15, 0.2) is 5.60 Å². The normalized spacial score (nSPS) is 20.1. The van der Waals surface area contributed by atoms with Crippen LogP contribution in [0.2, 0.25) is 0 Å². The molecule has 2 aromatic heterocycles. The molecule has 0 saturated carbocycles. The highest BCUT2D eigenvalue weighted by molar-refractivity contribution is 5.84. The molecule has 4 heterocycles. The van der Waals surface area contributed by atoms with Crippen LogP contribution in [0.3, 0.4) is 0 Å². The first-order valence-corrected chi connectivity index (χ1v) is 8.77. The number of nitrogens with zero attached hydrogens (tertiary/aromatic N) is 2. The van der Waals surface area contributed by atoms with Crippen molar-refractivity contribution in [3.63, 3.8) is 0 Å². The van der Waals surface area contributed by atoms with E-state index >= 15 is 0 Å². The summed E-state index contributed by atoms with van der Waals surface area (Å²) in [6.07, 6.45) is 0.0731. The maximum Gasteiger partial charge on any atom is 0.343 e. The molecule has 0 spiro atoms. The van der Waals surface area contributed by atoms with Crippen LogP contribution in [-0.2, 0) is 28.3 Å². The van der Waals surface area contributed by atoms with Gasteiger partial charge in [0.2, 0.25) is 11.2 Å². The molecule has 0 bridgehead atoms. The van der Waals surface area contributed by atoms with Crippen LogP contribution in [0.25, 0.3) is 22.3 Å². The van der Waals surface area contributed by atoms with Crippen LogP contribution >= 0.6 is 0 Å². The summed E-state index contributed by atoms with van der Waals surface area (Å²) in [6.45, 7) is 1.74. The number of rotatable bonds is 1. The molecule has 0 saturated heterocycles. The van der Waals surface area contributed by atoms with Crippen molar-refractivity contribution in [2.75, 3.05) is 0 Å². The molecule has 1 aromatic carbocycles. The summed E-state index contributed by atoms with van der Waals surface area (Å²) >= 11 is 0. The van der Waals surface area contributed by atoms with Gasteiger partial charge in [-0.05, 0) is 24.6 Å². The van der Waals surface area contributed by atoms with E-state index in [1.807, 2.05) is 18.2 Å². The van der Waals surface area contributed by atoms with Gasteiger partial charge in [-0.3, -0.25) is 9.36 Å². The van der Waals surface area contributed by atoms with Gasteiger partial charge >= 0.3 is 5.97 Å². The van der Waals surface area contributed by atoms with E-state index in [2.05, 4.69) is 0 Å². The van der Waals surface area contributed by atoms with Gasteiger partial charge in [0.05, 0.1) is 12.1 Å².